The van der Waals surface area contributed by atoms with Gasteiger partial charge in [0, 0.05) is 18.8 Å². The molecule has 0 N–H and O–H groups in total. The van der Waals surface area contributed by atoms with Gasteiger partial charge in [-0.1, -0.05) is 6.92 Å². The van der Waals surface area contributed by atoms with Crippen molar-refractivity contribution in [3.8, 4) is 0 Å². The van der Waals surface area contributed by atoms with E-state index in [0.717, 1.165) is 17.8 Å². The van der Waals surface area contributed by atoms with Crippen molar-refractivity contribution in [1.29, 1.82) is 0 Å². The molecule has 5 heteroatoms. The molecule has 0 aliphatic carbocycles. The molecule has 0 aliphatic heterocycles. The van der Waals surface area contributed by atoms with Crippen LogP contribution in [0.4, 0.5) is 0 Å². The van der Waals surface area contributed by atoms with Crippen LogP contribution in [0.1, 0.15) is 23.9 Å². The Morgan fingerprint density at radius 1 is 1.38 bits per heavy atom. The van der Waals surface area contributed by atoms with Crippen LogP contribution in [-0.2, 0) is 13.0 Å². The van der Waals surface area contributed by atoms with Crippen LogP contribution in [0.3, 0.4) is 0 Å². The molecule has 0 fully saturated rings. The summed E-state index contributed by atoms with van der Waals surface area (Å²) in [5.41, 5.74) is 2.33. The van der Waals surface area contributed by atoms with E-state index in [1.807, 2.05) is 23.8 Å². The molecule has 84 valence electrons. The summed E-state index contributed by atoms with van der Waals surface area (Å²) in [5, 5.41) is 8.32. The van der Waals surface area contributed by atoms with E-state index >= 15 is 0 Å². The minimum absolute atomic E-state index is 0.431. The molecule has 0 aromatic carbocycles. The Kier molecular flexibility index (Phi) is 3.19. The molecule has 2 aromatic rings. The highest BCUT2D eigenvalue weighted by Crippen LogP contribution is 2.14. The zero-order valence-corrected chi connectivity index (χ0v) is 10.1. The average Bonchev–Trinajstić information content (AvgIpc) is 2.63. The van der Waals surface area contributed by atoms with Crippen LogP contribution in [0.5, 0.6) is 0 Å². The van der Waals surface area contributed by atoms with E-state index in [-0.39, 0.29) is 0 Å². The molecular weight excluding hydrogens is 224 g/mol. The third kappa shape index (κ3) is 2.07. The van der Waals surface area contributed by atoms with Crippen molar-refractivity contribution in [1.82, 2.24) is 19.7 Å². The van der Waals surface area contributed by atoms with Gasteiger partial charge < -0.3 is 0 Å². The van der Waals surface area contributed by atoms with E-state index in [1.165, 1.54) is 5.56 Å². The van der Waals surface area contributed by atoms with Gasteiger partial charge in [-0.25, -0.2) is 0 Å². The summed E-state index contributed by atoms with van der Waals surface area (Å²) in [6.07, 6.45) is 4.46. The summed E-state index contributed by atoms with van der Waals surface area (Å²) in [7, 11) is 0. The van der Waals surface area contributed by atoms with E-state index < -0.39 is 0 Å². The lowest BCUT2D eigenvalue weighted by Crippen LogP contribution is -2.06. The smallest absolute Gasteiger partial charge is 0.225 e. The van der Waals surface area contributed by atoms with Crippen LogP contribution in [0, 0.1) is 6.92 Å². The molecular formula is C11H13ClN4. The Balaban J connectivity index is 2.33. The Bertz CT molecular complexity index is 492. The number of aryl methyl sites for hydroxylation is 2. The van der Waals surface area contributed by atoms with Crippen LogP contribution in [-0.4, -0.2) is 19.7 Å². The van der Waals surface area contributed by atoms with E-state index in [2.05, 4.69) is 22.1 Å². The zero-order chi connectivity index (χ0) is 11.5. The van der Waals surface area contributed by atoms with Gasteiger partial charge in [0.05, 0.1) is 6.54 Å². The Morgan fingerprint density at radius 3 is 2.88 bits per heavy atom. The molecule has 4 nitrogen and oxygen atoms in total. The van der Waals surface area contributed by atoms with Gasteiger partial charge in [-0.3, -0.25) is 9.55 Å². The predicted molar refractivity (Wildman–Crippen MR) is 62.5 cm³/mol. The average molecular weight is 237 g/mol. The van der Waals surface area contributed by atoms with Crippen molar-refractivity contribution < 1.29 is 0 Å². The topological polar surface area (TPSA) is 43.6 Å². The molecule has 0 radical (unpaired) electrons. The Morgan fingerprint density at radius 2 is 2.19 bits per heavy atom. The van der Waals surface area contributed by atoms with Gasteiger partial charge in [-0.2, -0.15) is 0 Å². The summed E-state index contributed by atoms with van der Waals surface area (Å²) < 4.78 is 1.91. The molecule has 2 heterocycles. The molecule has 0 aliphatic rings. The lowest BCUT2D eigenvalue weighted by molar-refractivity contribution is 0.727. The number of hydrogen-bond acceptors (Lipinski definition) is 3. The first kappa shape index (κ1) is 11.1. The first-order chi connectivity index (χ1) is 7.72. The Hall–Kier alpha value is -1.42. The van der Waals surface area contributed by atoms with Crippen LogP contribution in [0.15, 0.2) is 18.5 Å². The van der Waals surface area contributed by atoms with Crippen LogP contribution >= 0.6 is 11.6 Å². The van der Waals surface area contributed by atoms with E-state index in [9.17, 15) is 0 Å². The van der Waals surface area contributed by atoms with Gasteiger partial charge >= 0.3 is 0 Å². The van der Waals surface area contributed by atoms with Crippen molar-refractivity contribution in [2.75, 3.05) is 0 Å². The van der Waals surface area contributed by atoms with Gasteiger partial charge in [0.2, 0.25) is 5.28 Å². The fraction of sp³-hybridized carbons (Fsp3) is 0.364. The standard InChI is InChI=1S/C11H13ClN4/c1-3-10-14-15-11(12)16(10)7-9-6-13-5-4-8(9)2/h4-6H,3,7H2,1-2H3. The van der Waals surface area contributed by atoms with Gasteiger partial charge in [0.1, 0.15) is 5.82 Å². The summed E-state index contributed by atoms with van der Waals surface area (Å²) in [5.74, 6) is 0.897. The number of nitrogens with zero attached hydrogens (tertiary/aromatic N) is 4. The highest BCUT2D eigenvalue weighted by molar-refractivity contribution is 6.28. The van der Waals surface area contributed by atoms with Crippen LogP contribution < -0.4 is 0 Å². The predicted octanol–water partition coefficient (Wildman–Crippen LogP) is 2.25. The molecule has 2 rings (SSSR count). The maximum atomic E-state index is 5.99. The largest absolute Gasteiger partial charge is 0.297 e. The highest BCUT2D eigenvalue weighted by Gasteiger charge is 2.09. The van der Waals surface area contributed by atoms with Crippen LogP contribution in [0.25, 0.3) is 0 Å². The molecule has 16 heavy (non-hydrogen) atoms. The molecule has 0 saturated carbocycles. The summed E-state index contributed by atoms with van der Waals surface area (Å²) in [6.45, 7) is 4.77. The quantitative estimate of drug-likeness (QED) is 0.821. The molecule has 0 unspecified atom stereocenters. The molecule has 0 amide bonds. The maximum Gasteiger partial charge on any atom is 0.225 e. The van der Waals surface area contributed by atoms with Crippen molar-refractivity contribution >= 4 is 11.6 Å². The number of hydrogen-bond donors (Lipinski definition) is 0. The first-order valence-corrected chi connectivity index (χ1v) is 5.57. The fourth-order valence-corrected chi connectivity index (χ4v) is 1.76. The van der Waals surface area contributed by atoms with Gasteiger partial charge in [0.15, 0.2) is 0 Å². The fourth-order valence-electron chi connectivity index (χ4n) is 1.56. The third-order valence-electron chi connectivity index (χ3n) is 2.57. The van der Waals surface area contributed by atoms with Gasteiger partial charge in [0.25, 0.3) is 0 Å². The number of aromatic nitrogens is 4. The Labute approximate surface area is 99.3 Å². The summed E-state index contributed by atoms with van der Waals surface area (Å²) >= 11 is 5.99. The SMILES string of the molecule is CCc1nnc(Cl)n1Cc1cnccc1C. The first-order valence-electron chi connectivity index (χ1n) is 5.19. The van der Waals surface area contributed by atoms with Gasteiger partial charge in [-0.15, -0.1) is 10.2 Å². The second-order valence-corrected chi connectivity index (χ2v) is 3.97. The maximum absolute atomic E-state index is 5.99. The molecule has 0 atom stereocenters. The minimum atomic E-state index is 0.431. The lowest BCUT2D eigenvalue weighted by atomic mass is 10.1. The second kappa shape index (κ2) is 4.61. The zero-order valence-electron chi connectivity index (χ0n) is 9.31. The van der Waals surface area contributed by atoms with Crippen LogP contribution in [0.2, 0.25) is 5.28 Å². The van der Waals surface area contributed by atoms with Crippen molar-refractivity contribution in [2.45, 2.75) is 26.8 Å². The van der Waals surface area contributed by atoms with Crippen molar-refractivity contribution in [3.05, 3.63) is 40.7 Å². The number of rotatable bonds is 3. The molecule has 0 saturated heterocycles. The normalized spacial score (nSPS) is 10.7. The van der Waals surface area contributed by atoms with Gasteiger partial charge in [-0.05, 0) is 35.7 Å². The van der Waals surface area contributed by atoms with E-state index in [0.29, 0.717) is 11.8 Å². The lowest BCUT2D eigenvalue weighted by Gasteiger charge is -2.08. The van der Waals surface area contributed by atoms with Crippen molar-refractivity contribution in [3.63, 3.8) is 0 Å². The van der Waals surface area contributed by atoms with Crippen molar-refractivity contribution in [2.24, 2.45) is 0 Å². The molecule has 2 aromatic heterocycles. The number of halogens is 1. The summed E-state index contributed by atoms with van der Waals surface area (Å²) in [4.78, 5) is 4.11. The third-order valence-corrected chi connectivity index (χ3v) is 2.85. The second-order valence-electron chi connectivity index (χ2n) is 3.63. The highest BCUT2D eigenvalue weighted by atomic mass is 35.5. The molecule has 0 bridgehead atoms. The monoisotopic (exact) mass is 236 g/mol. The molecule has 0 spiro atoms. The van der Waals surface area contributed by atoms with E-state index in [1.54, 1.807) is 6.20 Å². The minimum Gasteiger partial charge on any atom is -0.297 e. The number of pyridine rings is 1. The van der Waals surface area contributed by atoms with E-state index in [4.69, 9.17) is 11.6 Å². The summed E-state index contributed by atoms with van der Waals surface area (Å²) in [6, 6.07) is 1.99.